The largest absolute Gasteiger partial charge is 0.497 e. The highest BCUT2D eigenvalue weighted by Crippen LogP contribution is 2.25. The number of rotatable bonds is 4. The number of methoxy groups -OCH3 is 1. The van der Waals surface area contributed by atoms with Gasteiger partial charge in [-0.15, -0.1) is 0 Å². The van der Waals surface area contributed by atoms with Gasteiger partial charge in [0, 0.05) is 37.5 Å². The molecular formula is C14H22N2O2. The smallest absolute Gasteiger partial charge is 0.119 e. The molecule has 0 amide bonds. The van der Waals surface area contributed by atoms with Gasteiger partial charge in [0.15, 0.2) is 0 Å². The Morgan fingerprint density at radius 3 is 2.67 bits per heavy atom. The van der Waals surface area contributed by atoms with Gasteiger partial charge >= 0.3 is 0 Å². The first-order valence-corrected chi connectivity index (χ1v) is 6.50. The van der Waals surface area contributed by atoms with E-state index in [0.717, 1.165) is 25.3 Å². The fourth-order valence-corrected chi connectivity index (χ4v) is 2.63. The molecule has 1 heterocycles. The molecule has 0 aromatic heterocycles. The van der Waals surface area contributed by atoms with Gasteiger partial charge in [0.05, 0.1) is 7.11 Å². The van der Waals surface area contributed by atoms with Crippen LogP contribution in [-0.4, -0.2) is 44.0 Å². The summed E-state index contributed by atoms with van der Waals surface area (Å²) >= 11 is 0. The second-order valence-electron chi connectivity index (χ2n) is 4.78. The van der Waals surface area contributed by atoms with Gasteiger partial charge in [0.25, 0.3) is 0 Å². The number of hydrogen-bond acceptors (Lipinski definition) is 4. The molecule has 0 radical (unpaired) electrons. The maximum atomic E-state index is 9.18. The van der Waals surface area contributed by atoms with E-state index in [1.54, 1.807) is 7.11 Å². The van der Waals surface area contributed by atoms with Crippen LogP contribution in [0.1, 0.15) is 13.3 Å². The quantitative estimate of drug-likeness (QED) is 0.844. The molecule has 2 N–H and O–H groups in total. The number of ether oxygens (including phenoxy) is 1. The summed E-state index contributed by atoms with van der Waals surface area (Å²) in [5.74, 6) is 0.875. The van der Waals surface area contributed by atoms with E-state index in [9.17, 15) is 5.11 Å². The summed E-state index contributed by atoms with van der Waals surface area (Å²) in [5.41, 5.74) is 1.20. The lowest BCUT2D eigenvalue weighted by atomic mass is 10.0. The topological polar surface area (TPSA) is 44.7 Å². The molecule has 2 unspecified atom stereocenters. The van der Waals surface area contributed by atoms with E-state index in [1.165, 1.54) is 5.69 Å². The second-order valence-corrected chi connectivity index (χ2v) is 4.78. The number of nitrogens with zero attached hydrogens (tertiary/aromatic N) is 1. The molecule has 2 rings (SSSR count). The third kappa shape index (κ3) is 2.76. The molecule has 0 aliphatic carbocycles. The first kappa shape index (κ1) is 13.2. The van der Waals surface area contributed by atoms with E-state index in [0.29, 0.717) is 12.1 Å². The zero-order chi connectivity index (χ0) is 13.0. The molecule has 1 aliphatic rings. The Balaban J connectivity index is 2.19. The van der Waals surface area contributed by atoms with Crippen molar-refractivity contribution in [1.29, 1.82) is 0 Å². The van der Waals surface area contributed by atoms with Crippen LogP contribution in [0, 0.1) is 0 Å². The zero-order valence-corrected chi connectivity index (χ0v) is 11.1. The molecule has 4 heteroatoms. The first-order valence-electron chi connectivity index (χ1n) is 6.50. The number of anilines is 1. The lowest BCUT2D eigenvalue weighted by Gasteiger charge is -2.43. The molecule has 4 nitrogen and oxygen atoms in total. The predicted molar refractivity (Wildman–Crippen MR) is 73.3 cm³/mol. The number of nitrogens with one attached hydrogen (secondary N) is 1. The summed E-state index contributed by atoms with van der Waals surface area (Å²) in [6.07, 6.45) is 0.795. The van der Waals surface area contributed by atoms with Crippen molar-refractivity contribution < 1.29 is 9.84 Å². The van der Waals surface area contributed by atoms with Crippen LogP contribution in [0.5, 0.6) is 5.75 Å². The van der Waals surface area contributed by atoms with Crippen molar-refractivity contribution in [1.82, 2.24) is 5.32 Å². The summed E-state index contributed by atoms with van der Waals surface area (Å²) < 4.78 is 5.19. The number of aliphatic hydroxyl groups excluding tert-OH is 1. The van der Waals surface area contributed by atoms with Crippen molar-refractivity contribution in [3.05, 3.63) is 24.3 Å². The fourth-order valence-electron chi connectivity index (χ4n) is 2.63. The van der Waals surface area contributed by atoms with Gasteiger partial charge in [-0.1, -0.05) is 0 Å². The van der Waals surface area contributed by atoms with Gasteiger partial charge in [-0.05, 0) is 37.6 Å². The summed E-state index contributed by atoms with van der Waals surface area (Å²) in [7, 11) is 1.68. The summed E-state index contributed by atoms with van der Waals surface area (Å²) in [4.78, 5) is 2.40. The van der Waals surface area contributed by atoms with Crippen LogP contribution in [0.4, 0.5) is 5.69 Å². The highest BCUT2D eigenvalue weighted by Gasteiger charge is 2.27. The number of hydrogen-bond donors (Lipinski definition) is 2. The van der Waals surface area contributed by atoms with E-state index in [4.69, 9.17) is 4.74 Å². The first-order chi connectivity index (χ1) is 8.76. The Morgan fingerprint density at radius 1 is 1.33 bits per heavy atom. The van der Waals surface area contributed by atoms with Crippen LogP contribution in [0.25, 0.3) is 0 Å². The number of piperazine rings is 1. The van der Waals surface area contributed by atoms with Gasteiger partial charge < -0.3 is 20.1 Å². The molecule has 1 aromatic rings. The third-order valence-corrected chi connectivity index (χ3v) is 3.52. The number of aliphatic hydroxyl groups is 1. The van der Waals surface area contributed by atoms with Crippen molar-refractivity contribution in [3.8, 4) is 5.75 Å². The molecule has 2 atom stereocenters. The fraction of sp³-hybridized carbons (Fsp3) is 0.571. The molecule has 1 aromatic carbocycles. The molecule has 0 spiro atoms. The average molecular weight is 250 g/mol. The number of benzene rings is 1. The molecule has 1 saturated heterocycles. The van der Waals surface area contributed by atoms with Gasteiger partial charge in [-0.2, -0.15) is 0 Å². The van der Waals surface area contributed by atoms with Crippen LogP contribution >= 0.6 is 0 Å². The zero-order valence-electron chi connectivity index (χ0n) is 11.1. The maximum Gasteiger partial charge on any atom is 0.119 e. The minimum atomic E-state index is 0.228. The van der Waals surface area contributed by atoms with E-state index in [2.05, 4.69) is 29.3 Å². The van der Waals surface area contributed by atoms with E-state index in [-0.39, 0.29) is 6.61 Å². The normalized spacial score (nSPS) is 24.1. The molecule has 100 valence electrons. The lowest BCUT2D eigenvalue weighted by Crippen LogP contribution is -2.56. The van der Waals surface area contributed by atoms with E-state index < -0.39 is 0 Å². The van der Waals surface area contributed by atoms with Crippen LogP contribution < -0.4 is 15.0 Å². The Morgan fingerprint density at radius 2 is 2.06 bits per heavy atom. The van der Waals surface area contributed by atoms with Gasteiger partial charge in [-0.25, -0.2) is 0 Å². The van der Waals surface area contributed by atoms with Crippen LogP contribution in [-0.2, 0) is 0 Å². The standard InChI is InChI=1S/C14H22N2O2/c1-11-9-15-10-13(7-8-17)16(11)12-3-5-14(18-2)6-4-12/h3-6,11,13,15,17H,7-10H2,1-2H3. The molecule has 1 aliphatic heterocycles. The second kappa shape index (κ2) is 6.07. The monoisotopic (exact) mass is 250 g/mol. The summed E-state index contributed by atoms with van der Waals surface area (Å²) in [6.45, 7) is 4.34. The van der Waals surface area contributed by atoms with Crippen LogP contribution in [0.15, 0.2) is 24.3 Å². The third-order valence-electron chi connectivity index (χ3n) is 3.52. The Hall–Kier alpha value is -1.26. The van der Waals surface area contributed by atoms with Crippen molar-refractivity contribution in [3.63, 3.8) is 0 Å². The molecule has 18 heavy (non-hydrogen) atoms. The molecule has 1 fully saturated rings. The van der Waals surface area contributed by atoms with E-state index in [1.807, 2.05) is 12.1 Å². The Labute approximate surface area is 109 Å². The minimum Gasteiger partial charge on any atom is -0.497 e. The molecule has 0 bridgehead atoms. The highest BCUT2D eigenvalue weighted by atomic mass is 16.5. The summed E-state index contributed by atoms with van der Waals surface area (Å²) in [5, 5.41) is 12.6. The minimum absolute atomic E-state index is 0.228. The average Bonchev–Trinajstić information content (AvgIpc) is 2.40. The van der Waals surface area contributed by atoms with Gasteiger partial charge in [0.1, 0.15) is 5.75 Å². The molecule has 0 saturated carbocycles. The summed E-state index contributed by atoms with van der Waals surface area (Å²) in [6, 6.07) is 8.94. The van der Waals surface area contributed by atoms with Crippen molar-refractivity contribution in [2.75, 3.05) is 31.7 Å². The van der Waals surface area contributed by atoms with Crippen LogP contribution in [0.2, 0.25) is 0 Å². The van der Waals surface area contributed by atoms with Gasteiger partial charge in [-0.3, -0.25) is 0 Å². The molecular weight excluding hydrogens is 228 g/mol. The van der Waals surface area contributed by atoms with Crippen molar-refractivity contribution >= 4 is 5.69 Å². The lowest BCUT2D eigenvalue weighted by molar-refractivity contribution is 0.259. The van der Waals surface area contributed by atoms with Crippen molar-refractivity contribution in [2.24, 2.45) is 0 Å². The Kier molecular flexibility index (Phi) is 4.44. The van der Waals surface area contributed by atoms with E-state index >= 15 is 0 Å². The predicted octanol–water partition coefficient (Wildman–Crippen LogP) is 1.24. The SMILES string of the molecule is COc1ccc(N2C(C)CNCC2CCO)cc1. The van der Waals surface area contributed by atoms with Crippen LogP contribution in [0.3, 0.4) is 0 Å². The Bertz CT molecular complexity index is 365. The highest BCUT2D eigenvalue weighted by molar-refractivity contribution is 5.51. The van der Waals surface area contributed by atoms with Crippen molar-refractivity contribution in [2.45, 2.75) is 25.4 Å². The van der Waals surface area contributed by atoms with Gasteiger partial charge in [0.2, 0.25) is 0 Å². The maximum absolute atomic E-state index is 9.18.